The van der Waals surface area contributed by atoms with E-state index in [-0.39, 0.29) is 11.7 Å². The summed E-state index contributed by atoms with van der Waals surface area (Å²) < 4.78 is 0. The molecule has 0 saturated carbocycles. The lowest BCUT2D eigenvalue weighted by atomic mass is 10.0. The van der Waals surface area contributed by atoms with Crippen molar-refractivity contribution in [2.75, 3.05) is 11.9 Å². The second kappa shape index (κ2) is 7.29. The number of carbonyl (C=O) groups excluding carboxylic acids is 1. The summed E-state index contributed by atoms with van der Waals surface area (Å²) in [6.07, 6.45) is -0.719. The van der Waals surface area contributed by atoms with Crippen LogP contribution >= 0.6 is 11.6 Å². The highest BCUT2D eigenvalue weighted by Crippen LogP contribution is 2.36. The van der Waals surface area contributed by atoms with E-state index < -0.39 is 11.8 Å². The van der Waals surface area contributed by atoms with Gasteiger partial charge in [0.05, 0.1) is 5.54 Å². The summed E-state index contributed by atoms with van der Waals surface area (Å²) in [5.74, 6) is 0. The van der Waals surface area contributed by atoms with E-state index in [1.54, 1.807) is 48.3 Å². The highest BCUT2D eigenvalue weighted by molar-refractivity contribution is 6.30. The molecule has 27 heavy (non-hydrogen) atoms. The first-order valence-corrected chi connectivity index (χ1v) is 8.76. The quantitative estimate of drug-likeness (QED) is 0.586. The molecule has 2 aromatic carbocycles. The van der Waals surface area contributed by atoms with Crippen LogP contribution in [0.2, 0.25) is 5.02 Å². The lowest BCUT2D eigenvalue weighted by Crippen LogP contribution is -2.46. The van der Waals surface area contributed by atoms with Crippen LogP contribution in [0.4, 0.5) is 10.5 Å². The van der Waals surface area contributed by atoms with Crippen LogP contribution < -0.4 is 4.90 Å². The molecule has 1 saturated heterocycles. The monoisotopic (exact) mass is 382 g/mol. The number of oxime groups is 1. The largest absolute Gasteiger partial charge is 0.366 e. The Balaban J connectivity index is 1.97. The number of carbonyl (C=O) groups is 1. The molecule has 1 aliphatic heterocycles. The standard InChI is InChI=1S/C20H19ClN4O2/c1-20(2)18(27-23-17(13-22)14-7-5-4-6-8-14)25(19(26)24(20)3)16-11-9-15(21)10-12-16/h4-12,18H,1-3H3/b23-17+/t18-/m0/s1. The summed E-state index contributed by atoms with van der Waals surface area (Å²) in [5.41, 5.74) is 0.760. The maximum atomic E-state index is 12.8. The molecular formula is C20H19ClN4O2. The maximum absolute atomic E-state index is 12.8. The van der Waals surface area contributed by atoms with E-state index in [1.807, 2.05) is 38.1 Å². The Morgan fingerprint density at radius 3 is 2.41 bits per heavy atom. The Morgan fingerprint density at radius 1 is 1.19 bits per heavy atom. The summed E-state index contributed by atoms with van der Waals surface area (Å²) >= 11 is 5.96. The third-order valence-electron chi connectivity index (χ3n) is 4.70. The first kappa shape index (κ1) is 18.7. The molecule has 1 heterocycles. The molecule has 0 unspecified atom stereocenters. The Labute approximate surface area is 163 Å². The van der Waals surface area contributed by atoms with E-state index in [0.717, 1.165) is 0 Å². The van der Waals surface area contributed by atoms with Crippen molar-refractivity contribution in [1.29, 1.82) is 5.26 Å². The zero-order valence-corrected chi connectivity index (χ0v) is 16.0. The molecule has 2 amide bonds. The minimum atomic E-state index is -0.719. The van der Waals surface area contributed by atoms with Gasteiger partial charge in [0.1, 0.15) is 6.07 Å². The van der Waals surface area contributed by atoms with E-state index in [4.69, 9.17) is 16.4 Å². The number of benzene rings is 2. The lowest BCUT2D eigenvalue weighted by Gasteiger charge is -2.31. The van der Waals surface area contributed by atoms with Crippen LogP contribution in [0.25, 0.3) is 0 Å². The predicted molar refractivity (Wildman–Crippen MR) is 105 cm³/mol. The molecule has 3 rings (SSSR count). The van der Waals surface area contributed by atoms with E-state index in [1.165, 1.54) is 4.90 Å². The van der Waals surface area contributed by atoms with Crippen molar-refractivity contribution < 1.29 is 9.63 Å². The van der Waals surface area contributed by atoms with Gasteiger partial charge in [-0.2, -0.15) is 5.26 Å². The topological polar surface area (TPSA) is 68.9 Å². The van der Waals surface area contributed by atoms with Crippen LogP contribution in [-0.2, 0) is 4.84 Å². The van der Waals surface area contributed by atoms with Crippen molar-refractivity contribution in [3.8, 4) is 6.07 Å². The van der Waals surface area contributed by atoms with Crippen LogP contribution in [0.1, 0.15) is 19.4 Å². The average molecular weight is 383 g/mol. The minimum absolute atomic E-state index is 0.143. The van der Waals surface area contributed by atoms with Crippen molar-refractivity contribution >= 4 is 29.0 Å². The normalized spacial score (nSPS) is 19.1. The van der Waals surface area contributed by atoms with Crippen molar-refractivity contribution in [2.45, 2.75) is 25.6 Å². The third kappa shape index (κ3) is 3.46. The van der Waals surface area contributed by atoms with Gasteiger partial charge in [0.25, 0.3) is 0 Å². The smallest absolute Gasteiger partial charge is 0.327 e. The van der Waals surface area contributed by atoms with Gasteiger partial charge in [-0.1, -0.05) is 47.1 Å². The van der Waals surface area contributed by atoms with Crippen molar-refractivity contribution in [3.05, 3.63) is 65.2 Å². The molecule has 0 bridgehead atoms. The number of hydrogen-bond acceptors (Lipinski definition) is 4. The summed E-state index contributed by atoms with van der Waals surface area (Å²) in [4.78, 5) is 21.7. The number of amides is 2. The maximum Gasteiger partial charge on any atom is 0.327 e. The first-order chi connectivity index (χ1) is 12.9. The second-order valence-electron chi connectivity index (χ2n) is 6.72. The Kier molecular flexibility index (Phi) is 5.06. The molecule has 0 radical (unpaired) electrons. The van der Waals surface area contributed by atoms with Gasteiger partial charge in [-0.25, -0.2) is 4.79 Å². The molecule has 0 spiro atoms. The number of nitrogens with zero attached hydrogens (tertiary/aromatic N) is 4. The summed E-state index contributed by atoms with van der Waals surface area (Å²) in [5, 5.41) is 14.1. The minimum Gasteiger partial charge on any atom is -0.366 e. The molecule has 1 atom stereocenters. The van der Waals surface area contributed by atoms with E-state index in [0.29, 0.717) is 16.3 Å². The Hall–Kier alpha value is -3.04. The van der Waals surface area contributed by atoms with Gasteiger partial charge in [-0.15, -0.1) is 0 Å². The molecule has 0 aromatic heterocycles. The molecule has 138 valence electrons. The summed E-state index contributed by atoms with van der Waals surface area (Å²) in [7, 11) is 1.71. The first-order valence-electron chi connectivity index (χ1n) is 8.38. The number of hydrogen-bond donors (Lipinski definition) is 0. The fraction of sp³-hybridized carbons (Fsp3) is 0.250. The van der Waals surface area contributed by atoms with Gasteiger partial charge in [0.15, 0.2) is 5.71 Å². The van der Waals surface area contributed by atoms with Gasteiger partial charge < -0.3 is 9.74 Å². The van der Waals surface area contributed by atoms with Crippen molar-refractivity contribution in [1.82, 2.24) is 4.90 Å². The highest BCUT2D eigenvalue weighted by atomic mass is 35.5. The molecule has 0 aliphatic carbocycles. The zero-order chi connectivity index (χ0) is 19.6. The molecule has 0 N–H and O–H groups in total. The van der Waals surface area contributed by atoms with E-state index >= 15 is 0 Å². The van der Waals surface area contributed by atoms with Crippen LogP contribution in [0.5, 0.6) is 0 Å². The third-order valence-corrected chi connectivity index (χ3v) is 4.95. The fourth-order valence-electron chi connectivity index (χ4n) is 2.85. The fourth-order valence-corrected chi connectivity index (χ4v) is 2.98. The second-order valence-corrected chi connectivity index (χ2v) is 7.15. The number of halogens is 1. The lowest BCUT2D eigenvalue weighted by molar-refractivity contribution is 0.000881. The number of likely N-dealkylation sites (N-methyl/N-ethyl adjacent to an activating group) is 1. The van der Waals surface area contributed by atoms with Crippen molar-refractivity contribution in [3.63, 3.8) is 0 Å². The van der Waals surface area contributed by atoms with Crippen LogP contribution in [0.3, 0.4) is 0 Å². The van der Waals surface area contributed by atoms with Crippen molar-refractivity contribution in [2.24, 2.45) is 5.16 Å². The predicted octanol–water partition coefficient (Wildman–Crippen LogP) is 4.26. The van der Waals surface area contributed by atoms with E-state index in [9.17, 15) is 10.1 Å². The van der Waals surface area contributed by atoms with Crippen LogP contribution in [-0.4, -0.2) is 35.5 Å². The highest BCUT2D eigenvalue weighted by Gasteiger charge is 2.52. The number of urea groups is 1. The number of rotatable bonds is 4. The molecule has 1 fully saturated rings. The Morgan fingerprint density at radius 2 is 1.81 bits per heavy atom. The molecule has 7 heteroatoms. The van der Waals surface area contributed by atoms with Gasteiger partial charge in [0, 0.05) is 23.3 Å². The van der Waals surface area contributed by atoms with Gasteiger partial charge in [0.2, 0.25) is 6.23 Å². The molecule has 1 aliphatic rings. The average Bonchev–Trinajstić information content (AvgIpc) is 2.84. The van der Waals surface area contributed by atoms with Gasteiger partial charge in [-0.3, -0.25) is 4.90 Å². The molecular weight excluding hydrogens is 364 g/mol. The number of nitriles is 1. The summed E-state index contributed by atoms with van der Waals surface area (Å²) in [6.45, 7) is 3.77. The SMILES string of the molecule is CN1C(=O)N(c2ccc(Cl)cc2)[C@@H](O/N=C(\C#N)c2ccccc2)C1(C)C. The van der Waals surface area contributed by atoms with Crippen LogP contribution in [0, 0.1) is 11.3 Å². The van der Waals surface area contributed by atoms with Crippen LogP contribution in [0.15, 0.2) is 59.8 Å². The Bertz CT molecular complexity index is 904. The zero-order valence-electron chi connectivity index (χ0n) is 15.3. The summed E-state index contributed by atoms with van der Waals surface area (Å²) in [6, 6.07) is 17.8. The molecule has 2 aromatic rings. The van der Waals surface area contributed by atoms with Gasteiger partial charge >= 0.3 is 6.03 Å². The number of anilines is 1. The van der Waals surface area contributed by atoms with Gasteiger partial charge in [-0.05, 0) is 38.1 Å². The van der Waals surface area contributed by atoms with E-state index in [2.05, 4.69) is 5.16 Å². The molecule has 6 nitrogen and oxygen atoms in total.